The van der Waals surface area contributed by atoms with Crippen LogP contribution in [0.25, 0.3) is 22.4 Å². The van der Waals surface area contributed by atoms with Gasteiger partial charge in [0.1, 0.15) is 5.82 Å². The molecule has 1 aromatic heterocycles. The van der Waals surface area contributed by atoms with E-state index in [1.165, 1.54) is 0 Å². The normalized spacial score (nSPS) is 10.7. The molecule has 0 aliphatic heterocycles. The van der Waals surface area contributed by atoms with Crippen molar-refractivity contribution in [2.24, 2.45) is 0 Å². The Hall–Kier alpha value is -2.88. The highest BCUT2D eigenvalue weighted by Crippen LogP contribution is 2.25. The molecule has 116 valence electrons. The lowest BCUT2D eigenvalue weighted by atomic mass is 10.2. The van der Waals surface area contributed by atoms with Crippen LogP contribution in [-0.4, -0.2) is 22.0 Å². The topological polar surface area (TPSA) is 46.9 Å². The van der Waals surface area contributed by atoms with E-state index in [9.17, 15) is 4.79 Å². The predicted octanol–water partition coefficient (Wildman–Crippen LogP) is 3.64. The molecule has 1 heterocycles. The molecule has 0 saturated carbocycles. The Morgan fingerprint density at radius 1 is 1.26 bits per heavy atom. The number of carbonyl (C=O) groups is 1. The first-order valence-corrected chi connectivity index (χ1v) is 7.69. The van der Waals surface area contributed by atoms with Crippen LogP contribution in [0.5, 0.6) is 0 Å². The number of nitrogens with one attached hydrogen (secondary N) is 1. The summed E-state index contributed by atoms with van der Waals surface area (Å²) in [6, 6.07) is 15.7. The third-order valence-electron chi connectivity index (χ3n) is 3.69. The van der Waals surface area contributed by atoms with Crippen LogP contribution in [0.1, 0.15) is 17.3 Å². The minimum atomic E-state index is -0.0751. The number of fused-ring (bicyclic) bond motifs is 1. The summed E-state index contributed by atoms with van der Waals surface area (Å²) in [6.45, 7) is 7.02. The van der Waals surface area contributed by atoms with Gasteiger partial charge in [-0.2, -0.15) is 0 Å². The Morgan fingerprint density at radius 2 is 2.04 bits per heavy atom. The molecule has 0 bridgehead atoms. The molecule has 1 amide bonds. The lowest BCUT2D eigenvalue weighted by Gasteiger charge is -2.06. The van der Waals surface area contributed by atoms with Gasteiger partial charge in [0.15, 0.2) is 0 Å². The highest BCUT2D eigenvalue weighted by atomic mass is 16.1. The van der Waals surface area contributed by atoms with Crippen molar-refractivity contribution in [1.29, 1.82) is 0 Å². The van der Waals surface area contributed by atoms with E-state index >= 15 is 0 Å². The van der Waals surface area contributed by atoms with Gasteiger partial charge >= 0.3 is 0 Å². The molecule has 23 heavy (non-hydrogen) atoms. The minimum Gasteiger partial charge on any atom is -0.352 e. The van der Waals surface area contributed by atoms with E-state index in [1.807, 2.05) is 61.5 Å². The maximum Gasteiger partial charge on any atom is 0.251 e. The molecule has 4 nitrogen and oxygen atoms in total. The SMILES string of the molecule is C=CCn1c(-c2ccccc2)nc2cc(C(=O)NCC)ccc21. The monoisotopic (exact) mass is 305 g/mol. The zero-order valence-electron chi connectivity index (χ0n) is 13.1. The smallest absolute Gasteiger partial charge is 0.251 e. The van der Waals surface area contributed by atoms with Crippen molar-refractivity contribution in [3.63, 3.8) is 0 Å². The highest BCUT2D eigenvalue weighted by Gasteiger charge is 2.13. The minimum absolute atomic E-state index is 0.0751. The summed E-state index contributed by atoms with van der Waals surface area (Å²) in [5, 5.41) is 2.82. The highest BCUT2D eigenvalue weighted by molar-refractivity contribution is 5.97. The Balaban J connectivity index is 2.15. The van der Waals surface area contributed by atoms with Gasteiger partial charge in [0.25, 0.3) is 5.91 Å². The van der Waals surface area contributed by atoms with Gasteiger partial charge < -0.3 is 9.88 Å². The Morgan fingerprint density at radius 3 is 2.74 bits per heavy atom. The van der Waals surface area contributed by atoms with Crippen molar-refractivity contribution in [3.8, 4) is 11.4 Å². The molecule has 0 saturated heterocycles. The third kappa shape index (κ3) is 2.88. The first-order valence-electron chi connectivity index (χ1n) is 7.69. The number of hydrogen-bond acceptors (Lipinski definition) is 2. The number of hydrogen-bond donors (Lipinski definition) is 1. The van der Waals surface area contributed by atoms with Gasteiger partial charge in [-0.25, -0.2) is 4.98 Å². The average molecular weight is 305 g/mol. The number of carbonyl (C=O) groups excluding carboxylic acids is 1. The van der Waals surface area contributed by atoms with Crippen molar-refractivity contribution in [2.75, 3.05) is 6.54 Å². The first-order chi connectivity index (χ1) is 11.2. The number of imidazole rings is 1. The third-order valence-corrected chi connectivity index (χ3v) is 3.69. The maximum absolute atomic E-state index is 12.0. The average Bonchev–Trinajstić information content (AvgIpc) is 2.94. The molecule has 0 atom stereocenters. The van der Waals surface area contributed by atoms with E-state index in [0.29, 0.717) is 18.7 Å². The molecule has 3 rings (SSSR count). The molecular formula is C19H19N3O. The molecule has 4 heteroatoms. The van der Waals surface area contributed by atoms with Crippen LogP contribution in [0.15, 0.2) is 61.2 Å². The summed E-state index contributed by atoms with van der Waals surface area (Å²) in [6.07, 6.45) is 1.85. The summed E-state index contributed by atoms with van der Waals surface area (Å²) < 4.78 is 2.11. The van der Waals surface area contributed by atoms with E-state index in [0.717, 1.165) is 22.4 Å². The van der Waals surface area contributed by atoms with Gasteiger partial charge in [0.2, 0.25) is 0 Å². The van der Waals surface area contributed by atoms with Crippen molar-refractivity contribution >= 4 is 16.9 Å². The van der Waals surface area contributed by atoms with E-state index in [4.69, 9.17) is 4.98 Å². The lowest BCUT2D eigenvalue weighted by molar-refractivity contribution is 0.0956. The van der Waals surface area contributed by atoms with Gasteiger partial charge in [-0.05, 0) is 25.1 Å². The fourth-order valence-electron chi connectivity index (χ4n) is 2.66. The number of aromatic nitrogens is 2. The summed E-state index contributed by atoms with van der Waals surface area (Å²) in [5.74, 6) is 0.808. The van der Waals surface area contributed by atoms with E-state index in [1.54, 1.807) is 0 Å². The number of allylic oxidation sites excluding steroid dienone is 1. The zero-order valence-corrected chi connectivity index (χ0v) is 13.1. The molecule has 0 spiro atoms. The van der Waals surface area contributed by atoms with Crippen molar-refractivity contribution in [1.82, 2.24) is 14.9 Å². The van der Waals surface area contributed by atoms with Crippen molar-refractivity contribution in [3.05, 3.63) is 66.7 Å². The van der Waals surface area contributed by atoms with Gasteiger partial charge in [0, 0.05) is 24.2 Å². The Kier molecular flexibility index (Phi) is 4.24. The number of rotatable bonds is 5. The standard InChI is InChI=1S/C19H19N3O/c1-3-12-22-17-11-10-15(19(23)20-4-2)13-16(17)21-18(22)14-8-6-5-7-9-14/h3,5-11,13H,1,4,12H2,2H3,(H,20,23). The maximum atomic E-state index is 12.0. The second kappa shape index (κ2) is 6.48. The largest absolute Gasteiger partial charge is 0.352 e. The molecular weight excluding hydrogens is 286 g/mol. The zero-order chi connectivity index (χ0) is 16.2. The predicted molar refractivity (Wildman–Crippen MR) is 93.4 cm³/mol. The molecule has 1 N–H and O–H groups in total. The summed E-state index contributed by atoms with van der Waals surface area (Å²) in [4.78, 5) is 16.8. The van der Waals surface area contributed by atoms with Crippen LogP contribution >= 0.6 is 0 Å². The van der Waals surface area contributed by atoms with Crippen LogP contribution in [0.2, 0.25) is 0 Å². The van der Waals surface area contributed by atoms with Crippen LogP contribution in [0.3, 0.4) is 0 Å². The van der Waals surface area contributed by atoms with E-state index < -0.39 is 0 Å². The molecule has 0 fully saturated rings. The molecule has 2 aromatic carbocycles. The van der Waals surface area contributed by atoms with Crippen LogP contribution in [0, 0.1) is 0 Å². The van der Waals surface area contributed by atoms with Crippen molar-refractivity contribution in [2.45, 2.75) is 13.5 Å². The van der Waals surface area contributed by atoms with Gasteiger partial charge in [-0.1, -0.05) is 36.4 Å². The quantitative estimate of drug-likeness (QED) is 0.732. The van der Waals surface area contributed by atoms with E-state index in [-0.39, 0.29) is 5.91 Å². The second-order valence-corrected chi connectivity index (χ2v) is 5.26. The lowest BCUT2D eigenvalue weighted by Crippen LogP contribution is -2.22. The summed E-state index contributed by atoms with van der Waals surface area (Å²) in [5.41, 5.74) is 3.48. The van der Waals surface area contributed by atoms with Crippen LogP contribution in [-0.2, 0) is 6.54 Å². The van der Waals surface area contributed by atoms with Crippen LogP contribution < -0.4 is 5.32 Å². The molecule has 3 aromatic rings. The summed E-state index contributed by atoms with van der Waals surface area (Å²) in [7, 11) is 0. The molecule has 0 unspecified atom stereocenters. The molecule has 0 aliphatic rings. The fraction of sp³-hybridized carbons (Fsp3) is 0.158. The second-order valence-electron chi connectivity index (χ2n) is 5.26. The fourth-order valence-corrected chi connectivity index (χ4v) is 2.66. The Bertz CT molecular complexity index is 850. The van der Waals surface area contributed by atoms with E-state index in [2.05, 4.69) is 16.5 Å². The number of benzene rings is 2. The molecule has 0 radical (unpaired) electrons. The first kappa shape index (κ1) is 15.0. The van der Waals surface area contributed by atoms with Gasteiger partial charge in [-0.3, -0.25) is 4.79 Å². The molecule has 0 aliphatic carbocycles. The van der Waals surface area contributed by atoms with Crippen molar-refractivity contribution < 1.29 is 4.79 Å². The number of nitrogens with zero attached hydrogens (tertiary/aromatic N) is 2. The number of amides is 1. The Labute approximate surface area is 135 Å². The van der Waals surface area contributed by atoms with Gasteiger partial charge in [0.05, 0.1) is 11.0 Å². The van der Waals surface area contributed by atoms with Crippen LogP contribution in [0.4, 0.5) is 0 Å². The van der Waals surface area contributed by atoms with Gasteiger partial charge in [-0.15, -0.1) is 6.58 Å². The summed E-state index contributed by atoms with van der Waals surface area (Å²) >= 11 is 0.